The predicted octanol–water partition coefficient (Wildman–Crippen LogP) is 4.67. The number of fused-ring (bicyclic) bond motifs is 3. The van der Waals surface area contributed by atoms with Gasteiger partial charge in [-0.25, -0.2) is 4.79 Å². The SMILES string of the molecule is CC(C)(C)OC(=O)N1CCN(CCNC(=O)c2cc(Cl)ccc2C2=CC3CCC(C2)N3CCN2C(=O)COc3ccccc32)CC1. The van der Waals surface area contributed by atoms with Crippen molar-refractivity contribution in [2.75, 3.05) is 63.9 Å². The molecule has 1 N–H and O–H groups in total. The fourth-order valence-corrected chi connectivity index (χ4v) is 7.14. The maximum atomic E-state index is 13.5. The molecule has 3 amide bonds. The van der Waals surface area contributed by atoms with Crippen LogP contribution < -0.4 is 15.0 Å². The highest BCUT2D eigenvalue weighted by Gasteiger charge is 2.38. The van der Waals surface area contributed by atoms with E-state index >= 15 is 0 Å². The first-order valence-corrected chi connectivity index (χ1v) is 16.7. The third-order valence-corrected chi connectivity index (χ3v) is 9.47. The number of carbonyl (C=O) groups is 3. The van der Waals surface area contributed by atoms with Gasteiger partial charge in [0.15, 0.2) is 6.61 Å². The fraction of sp³-hybridized carbons (Fsp3) is 0.514. The van der Waals surface area contributed by atoms with Crippen LogP contribution in [0.4, 0.5) is 10.5 Å². The molecule has 4 aliphatic rings. The van der Waals surface area contributed by atoms with Gasteiger partial charge in [-0.2, -0.15) is 0 Å². The predicted molar refractivity (Wildman–Crippen MR) is 178 cm³/mol. The van der Waals surface area contributed by atoms with Crippen LogP contribution in [-0.4, -0.2) is 109 Å². The van der Waals surface area contributed by atoms with Crippen LogP contribution in [0.3, 0.4) is 0 Å². The molecule has 11 heteroatoms. The number of para-hydroxylation sites is 2. The summed E-state index contributed by atoms with van der Waals surface area (Å²) in [6.07, 6.45) is 5.00. The lowest BCUT2D eigenvalue weighted by atomic mass is 9.91. The van der Waals surface area contributed by atoms with E-state index in [9.17, 15) is 14.4 Å². The van der Waals surface area contributed by atoms with Gasteiger partial charge in [-0.15, -0.1) is 0 Å². The van der Waals surface area contributed by atoms with E-state index in [0.29, 0.717) is 49.4 Å². The van der Waals surface area contributed by atoms with Crippen molar-refractivity contribution in [2.45, 2.75) is 57.7 Å². The standard InChI is InChI=1S/C35H44ClN5O5/c1-35(2,3)46-34(44)39-16-14-38(15-17-39)13-12-37-33(43)29-22-25(36)8-11-28(29)24-20-26-9-10-27(21-24)40(26)18-19-41-30-6-4-5-7-31(30)45-23-32(41)42/h4-8,11,20,22,26-27H,9-10,12-19,21,23H2,1-3H3,(H,37,43). The van der Waals surface area contributed by atoms with Crippen molar-refractivity contribution in [3.8, 4) is 5.75 Å². The third kappa shape index (κ3) is 7.35. The van der Waals surface area contributed by atoms with E-state index in [2.05, 4.69) is 21.2 Å². The van der Waals surface area contributed by atoms with Gasteiger partial charge in [0.1, 0.15) is 11.4 Å². The first-order valence-electron chi connectivity index (χ1n) is 16.3. The second kappa shape index (κ2) is 13.6. The summed E-state index contributed by atoms with van der Waals surface area (Å²) < 4.78 is 11.1. The van der Waals surface area contributed by atoms with E-state index in [0.717, 1.165) is 55.9 Å². The number of anilines is 1. The average Bonchev–Trinajstić information content (AvgIpc) is 3.25. The van der Waals surface area contributed by atoms with E-state index < -0.39 is 5.60 Å². The number of hydrogen-bond acceptors (Lipinski definition) is 7. The zero-order valence-corrected chi connectivity index (χ0v) is 27.7. The van der Waals surface area contributed by atoms with E-state index in [-0.39, 0.29) is 30.6 Å². The second-order valence-corrected chi connectivity index (χ2v) is 13.9. The number of nitrogens with zero attached hydrogens (tertiary/aromatic N) is 4. The van der Waals surface area contributed by atoms with Crippen molar-refractivity contribution in [1.29, 1.82) is 0 Å². The molecule has 2 saturated heterocycles. The number of amides is 3. The van der Waals surface area contributed by atoms with E-state index in [1.807, 2.05) is 62.1 Å². The van der Waals surface area contributed by atoms with Crippen LogP contribution in [0.2, 0.25) is 5.02 Å². The molecule has 2 unspecified atom stereocenters. The van der Waals surface area contributed by atoms with Crippen LogP contribution in [0.1, 0.15) is 56.0 Å². The molecule has 2 bridgehead atoms. The molecule has 246 valence electrons. The summed E-state index contributed by atoms with van der Waals surface area (Å²) in [5.41, 5.74) is 3.03. The maximum absolute atomic E-state index is 13.5. The van der Waals surface area contributed by atoms with Crippen molar-refractivity contribution in [2.24, 2.45) is 0 Å². The van der Waals surface area contributed by atoms with Crippen LogP contribution >= 0.6 is 11.6 Å². The summed E-state index contributed by atoms with van der Waals surface area (Å²) in [6, 6.07) is 13.9. The molecular formula is C35H44ClN5O5. The summed E-state index contributed by atoms with van der Waals surface area (Å²) in [5, 5.41) is 3.64. The summed E-state index contributed by atoms with van der Waals surface area (Å²) in [4.78, 5) is 46.9. The minimum absolute atomic E-state index is 0.0147. The Morgan fingerprint density at radius 2 is 1.80 bits per heavy atom. The quantitative estimate of drug-likeness (QED) is 0.444. The highest BCUT2D eigenvalue weighted by Crippen LogP contribution is 2.40. The number of rotatable bonds is 8. The van der Waals surface area contributed by atoms with Gasteiger partial charge in [0.25, 0.3) is 11.8 Å². The zero-order valence-electron chi connectivity index (χ0n) is 27.0. The first-order chi connectivity index (χ1) is 22.1. The summed E-state index contributed by atoms with van der Waals surface area (Å²) in [5.74, 6) is 0.601. The highest BCUT2D eigenvalue weighted by atomic mass is 35.5. The van der Waals surface area contributed by atoms with Crippen LogP contribution in [0, 0.1) is 0 Å². The van der Waals surface area contributed by atoms with E-state index in [1.165, 1.54) is 5.57 Å². The fourth-order valence-electron chi connectivity index (χ4n) is 6.97. The summed E-state index contributed by atoms with van der Waals surface area (Å²) in [6.45, 7) is 10.9. The molecule has 0 radical (unpaired) electrons. The van der Waals surface area contributed by atoms with Crippen molar-refractivity contribution in [3.05, 3.63) is 64.7 Å². The molecule has 0 spiro atoms. The lowest BCUT2D eigenvalue weighted by Gasteiger charge is -2.37. The molecule has 2 atom stereocenters. The molecule has 2 aromatic rings. The molecule has 4 aliphatic heterocycles. The lowest BCUT2D eigenvalue weighted by Crippen LogP contribution is -2.51. The number of piperazine rings is 1. The number of nitrogens with one attached hydrogen (secondary N) is 1. The molecule has 46 heavy (non-hydrogen) atoms. The van der Waals surface area contributed by atoms with Crippen molar-refractivity contribution in [3.63, 3.8) is 0 Å². The Labute approximate surface area is 276 Å². The lowest BCUT2D eigenvalue weighted by molar-refractivity contribution is -0.121. The van der Waals surface area contributed by atoms with E-state index in [4.69, 9.17) is 21.1 Å². The Morgan fingerprint density at radius 3 is 2.57 bits per heavy atom. The van der Waals surface area contributed by atoms with Gasteiger partial charge in [-0.05, 0) is 75.4 Å². The molecule has 10 nitrogen and oxygen atoms in total. The molecule has 2 fully saturated rings. The van der Waals surface area contributed by atoms with Crippen LogP contribution in [0.5, 0.6) is 5.75 Å². The molecule has 6 rings (SSSR count). The van der Waals surface area contributed by atoms with Gasteiger partial charge < -0.3 is 24.6 Å². The number of carbonyl (C=O) groups excluding carboxylic acids is 3. The van der Waals surface area contributed by atoms with Crippen LogP contribution in [0.15, 0.2) is 48.5 Å². The monoisotopic (exact) mass is 649 g/mol. The van der Waals surface area contributed by atoms with Crippen molar-refractivity contribution in [1.82, 2.24) is 20.0 Å². The molecule has 4 heterocycles. The number of halogens is 1. The largest absolute Gasteiger partial charge is 0.482 e. The van der Waals surface area contributed by atoms with Crippen molar-refractivity contribution < 1.29 is 23.9 Å². The molecule has 0 saturated carbocycles. The smallest absolute Gasteiger partial charge is 0.410 e. The van der Waals surface area contributed by atoms with Gasteiger partial charge in [-0.3, -0.25) is 19.4 Å². The van der Waals surface area contributed by atoms with Gasteiger partial charge in [-0.1, -0.05) is 35.9 Å². The Kier molecular flexibility index (Phi) is 9.59. The minimum atomic E-state index is -0.511. The van der Waals surface area contributed by atoms with Crippen molar-refractivity contribution >= 4 is 40.8 Å². The number of benzene rings is 2. The Bertz CT molecular complexity index is 1500. The van der Waals surface area contributed by atoms with Gasteiger partial charge in [0.05, 0.1) is 5.69 Å². The number of hydrogen-bond donors (Lipinski definition) is 1. The van der Waals surface area contributed by atoms with Crippen LogP contribution in [-0.2, 0) is 9.53 Å². The zero-order chi connectivity index (χ0) is 32.4. The normalized spacial score (nSPS) is 21.8. The Balaban J connectivity index is 1.05. The van der Waals surface area contributed by atoms with Gasteiger partial charge >= 0.3 is 6.09 Å². The molecule has 2 aromatic carbocycles. The Morgan fingerprint density at radius 1 is 1.02 bits per heavy atom. The second-order valence-electron chi connectivity index (χ2n) is 13.5. The summed E-state index contributed by atoms with van der Waals surface area (Å²) >= 11 is 6.39. The third-order valence-electron chi connectivity index (χ3n) is 9.24. The minimum Gasteiger partial charge on any atom is -0.482 e. The molecular weight excluding hydrogens is 606 g/mol. The average molecular weight is 650 g/mol. The maximum Gasteiger partial charge on any atom is 0.410 e. The van der Waals surface area contributed by atoms with Gasteiger partial charge in [0, 0.05) is 75.0 Å². The highest BCUT2D eigenvalue weighted by molar-refractivity contribution is 6.31. The molecule has 0 aliphatic carbocycles. The summed E-state index contributed by atoms with van der Waals surface area (Å²) in [7, 11) is 0. The van der Waals surface area contributed by atoms with Crippen LogP contribution in [0.25, 0.3) is 5.57 Å². The molecule has 0 aromatic heterocycles. The Hall–Kier alpha value is -3.60. The van der Waals surface area contributed by atoms with E-state index in [1.54, 1.807) is 11.0 Å². The topological polar surface area (TPSA) is 94.7 Å². The van der Waals surface area contributed by atoms with Gasteiger partial charge in [0.2, 0.25) is 0 Å². The first kappa shape index (κ1) is 32.3. The number of ether oxygens (including phenoxy) is 2.